The molecular formula is C20H26IOP. The standard InChI is InChI=1S/C20H26OP.HI/c1-4-22(3,5-2)20(18-14-10-7-11-15-18)16-19(21)17-12-8-6-9-13-17;/h6-15,20H,4-5,16H2,1-3H3;1H/q+1;/p-1. The van der Waals surface area contributed by atoms with Crippen LogP contribution in [0.1, 0.15) is 41.8 Å². The molecule has 3 heteroatoms. The van der Waals surface area contributed by atoms with Crippen LogP contribution in [0.15, 0.2) is 60.7 Å². The summed E-state index contributed by atoms with van der Waals surface area (Å²) in [4.78, 5) is 12.7. The first-order valence-corrected chi connectivity index (χ1v) is 10.8. The number of carbonyl (C=O) groups excluding carboxylic acids is 1. The third kappa shape index (κ3) is 5.12. The molecule has 0 amide bonds. The molecule has 0 aliphatic carbocycles. The largest absolute Gasteiger partial charge is 1.00 e. The van der Waals surface area contributed by atoms with Crippen molar-refractivity contribution < 1.29 is 28.8 Å². The Balaban J connectivity index is 0.00000264. The fourth-order valence-electron chi connectivity index (χ4n) is 2.96. The van der Waals surface area contributed by atoms with Crippen LogP contribution in [0.2, 0.25) is 0 Å². The zero-order valence-electron chi connectivity index (χ0n) is 14.2. The van der Waals surface area contributed by atoms with Crippen LogP contribution in [-0.2, 0) is 0 Å². The van der Waals surface area contributed by atoms with E-state index in [1.807, 2.05) is 36.4 Å². The van der Waals surface area contributed by atoms with Crippen molar-refractivity contribution in [2.45, 2.75) is 25.9 Å². The lowest BCUT2D eigenvalue weighted by Gasteiger charge is -2.30. The minimum atomic E-state index is -1.16. The summed E-state index contributed by atoms with van der Waals surface area (Å²) in [6, 6.07) is 20.3. The molecule has 23 heavy (non-hydrogen) atoms. The number of halogens is 1. The Morgan fingerprint density at radius 1 is 0.913 bits per heavy atom. The fraction of sp³-hybridized carbons (Fsp3) is 0.350. The van der Waals surface area contributed by atoms with Crippen molar-refractivity contribution in [2.75, 3.05) is 19.0 Å². The number of Topliss-reactive ketones (excluding diaryl/α,β-unsaturated/α-hetero) is 1. The average Bonchev–Trinajstić information content (AvgIpc) is 2.60. The van der Waals surface area contributed by atoms with Gasteiger partial charge in [-0.2, -0.15) is 0 Å². The van der Waals surface area contributed by atoms with Gasteiger partial charge in [-0.05, 0) is 19.4 Å². The summed E-state index contributed by atoms with van der Waals surface area (Å²) in [6.07, 6.45) is 3.00. The number of rotatable bonds is 7. The highest BCUT2D eigenvalue weighted by Gasteiger charge is 2.40. The van der Waals surface area contributed by atoms with Crippen molar-refractivity contribution in [3.63, 3.8) is 0 Å². The van der Waals surface area contributed by atoms with Crippen LogP contribution in [0.5, 0.6) is 0 Å². The molecule has 0 aliphatic heterocycles. The number of benzene rings is 2. The van der Waals surface area contributed by atoms with E-state index in [2.05, 4.69) is 44.8 Å². The molecule has 124 valence electrons. The maximum Gasteiger partial charge on any atom is 0.167 e. The molecule has 0 saturated heterocycles. The lowest BCUT2D eigenvalue weighted by molar-refractivity contribution is -0.0000125. The van der Waals surface area contributed by atoms with Gasteiger partial charge in [-0.15, -0.1) is 0 Å². The minimum Gasteiger partial charge on any atom is -1.00 e. The van der Waals surface area contributed by atoms with Crippen molar-refractivity contribution >= 4 is 13.0 Å². The average molecular weight is 440 g/mol. The van der Waals surface area contributed by atoms with E-state index < -0.39 is 7.26 Å². The summed E-state index contributed by atoms with van der Waals surface area (Å²) in [5, 5.41) is 0. The molecule has 0 N–H and O–H groups in total. The van der Waals surface area contributed by atoms with Gasteiger partial charge >= 0.3 is 0 Å². The Labute approximate surface area is 158 Å². The van der Waals surface area contributed by atoms with Gasteiger partial charge in [0.25, 0.3) is 0 Å². The van der Waals surface area contributed by atoms with Crippen LogP contribution in [0.25, 0.3) is 0 Å². The summed E-state index contributed by atoms with van der Waals surface area (Å²) >= 11 is 0. The highest BCUT2D eigenvalue weighted by atomic mass is 127. The SMILES string of the molecule is CC[P+](C)(CC)C(CC(=O)c1ccccc1)c1ccccc1.[I-]. The van der Waals surface area contributed by atoms with Gasteiger partial charge in [-0.3, -0.25) is 4.79 Å². The van der Waals surface area contributed by atoms with Gasteiger partial charge < -0.3 is 24.0 Å². The summed E-state index contributed by atoms with van der Waals surface area (Å²) in [7, 11) is -1.16. The van der Waals surface area contributed by atoms with Crippen molar-refractivity contribution in [2.24, 2.45) is 0 Å². The molecule has 0 heterocycles. The molecule has 0 saturated carbocycles. The van der Waals surface area contributed by atoms with E-state index in [1.54, 1.807) is 0 Å². The Morgan fingerprint density at radius 2 is 1.39 bits per heavy atom. The van der Waals surface area contributed by atoms with E-state index in [4.69, 9.17) is 0 Å². The van der Waals surface area contributed by atoms with E-state index >= 15 is 0 Å². The van der Waals surface area contributed by atoms with E-state index in [0.717, 1.165) is 5.56 Å². The molecule has 2 aromatic carbocycles. The van der Waals surface area contributed by atoms with E-state index in [9.17, 15) is 4.79 Å². The molecule has 0 aliphatic rings. The van der Waals surface area contributed by atoms with E-state index in [1.165, 1.54) is 17.9 Å². The van der Waals surface area contributed by atoms with Gasteiger partial charge in [0.15, 0.2) is 5.78 Å². The second-order valence-electron chi connectivity index (χ2n) is 6.03. The predicted molar refractivity (Wildman–Crippen MR) is 98.5 cm³/mol. The first-order chi connectivity index (χ1) is 10.6. The fourth-order valence-corrected chi connectivity index (χ4v) is 5.78. The van der Waals surface area contributed by atoms with Crippen molar-refractivity contribution in [1.29, 1.82) is 0 Å². The number of carbonyl (C=O) groups is 1. The third-order valence-corrected chi connectivity index (χ3v) is 9.73. The van der Waals surface area contributed by atoms with Gasteiger partial charge in [-0.25, -0.2) is 0 Å². The number of hydrogen-bond donors (Lipinski definition) is 0. The molecule has 0 bridgehead atoms. The van der Waals surface area contributed by atoms with Crippen LogP contribution in [0.4, 0.5) is 0 Å². The maximum atomic E-state index is 12.7. The first-order valence-electron chi connectivity index (χ1n) is 8.08. The summed E-state index contributed by atoms with van der Waals surface area (Å²) < 4.78 is 0. The number of ketones is 1. The molecule has 0 radical (unpaired) electrons. The van der Waals surface area contributed by atoms with Crippen molar-refractivity contribution in [1.82, 2.24) is 0 Å². The molecule has 0 fully saturated rings. The highest BCUT2D eigenvalue weighted by molar-refractivity contribution is 7.75. The second-order valence-corrected chi connectivity index (χ2v) is 10.9. The first kappa shape index (κ1) is 20.3. The summed E-state index contributed by atoms with van der Waals surface area (Å²) in [5.41, 5.74) is 2.53. The molecule has 0 aromatic heterocycles. The Bertz CT molecular complexity index is 594. The van der Waals surface area contributed by atoms with Crippen LogP contribution >= 0.6 is 7.26 Å². The van der Waals surface area contributed by atoms with Gasteiger partial charge in [0.05, 0.1) is 18.7 Å². The zero-order valence-corrected chi connectivity index (χ0v) is 17.3. The van der Waals surface area contributed by atoms with Crippen LogP contribution in [0.3, 0.4) is 0 Å². The Kier molecular flexibility index (Phi) is 8.42. The molecule has 0 spiro atoms. The van der Waals surface area contributed by atoms with E-state index in [-0.39, 0.29) is 29.8 Å². The molecule has 2 rings (SSSR count). The van der Waals surface area contributed by atoms with Crippen LogP contribution in [-0.4, -0.2) is 24.8 Å². The Morgan fingerprint density at radius 3 is 1.87 bits per heavy atom. The smallest absolute Gasteiger partial charge is 0.167 e. The van der Waals surface area contributed by atoms with Crippen molar-refractivity contribution in [3.8, 4) is 0 Å². The topological polar surface area (TPSA) is 17.1 Å². The summed E-state index contributed by atoms with van der Waals surface area (Å²) in [6.45, 7) is 6.98. The second kappa shape index (κ2) is 9.54. The predicted octanol–water partition coefficient (Wildman–Crippen LogP) is 2.69. The van der Waals surface area contributed by atoms with Gasteiger partial charge in [0, 0.05) is 19.5 Å². The molecule has 1 nitrogen and oxygen atoms in total. The molecule has 1 unspecified atom stereocenters. The van der Waals surface area contributed by atoms with Crippen molar-refractivity contribution in [3.05, 3.63) is 71.8 Å². The normalized spacial score (nSPS) is 12.3. The van der Waals surface area contributed by atoms with Gasteiger partial charge in [0.2, 0.25) is 0 Å². The van der Waals surface area contributed by atoms with Crippen LogP contribution in [0, 0.1) is 0 Å². The molecular weight excluding hydrogens is 414 g/mol. The molecule has 1 atom stereocenters. The van der Waals surface area contributed by atoms with Gasteiger partial charge in [0.1, 0.15) is 5.66 Å². The minimum absolute atomic E-state index is 0. The van der Waals surface area contributed by atoms with Crippen LogP contribution < -0.4 is 24.0 Å². The maximum absolute atomic E-state index is 12.7. The lowest BCUT2D eigenvalue weighted by atomic mass is 10.0. The number of hydrogen-bond acceptors (Lipinski definition) is 1. The highest BCUT2D eigenvalue weighted by Crippen LogP contribution is 2.67. The zero-order chi connectivity index (χ0) is 16.0. The summed E-state index contributed by atoms with van der Waals surface area (Å²) in [5.74, 6) is 0.266. The lowest BCUT2D eigenvalue weighted by Crippen LogP contribution is -3.00. The third-order valence-electron chi connectivity index (χ3n) is 4.86. The Hall–Kier alpha value is -0.730. The van der Waals surface area contributed by atoms with Gasteiger partial charge in [-0.1, -0.05) is 60.7 Å². The molecule has 2 aromatic rings. The van der Waals surface area contributed by atoms with E-state index in [0.29, 0.717) is 12.1 Å². The monoisotopic (exact) mass is 440 g/mol. The quantitative estimate of drug-likeness (QED) is 0.368.